The van der Waals surface area contributed by atoms with Crippen molar-refractivity contribution >= 4 is 6.03 Å². The Morgan fingerprint density at radius 1 is 1.00 bits per heavy atom. The molecular formula is C24H25F6N3O2. The third kappa shape index (κ3) is 5.56. The molecule has 2 heterocycles. The van der Waals surface area contributed by atoms with Crippen molar-refractivity contribution in [2.24, 2.45) is 0 Å². The maximum atomic E-state index is 13.3. The third-order valence-electron chi connectivity index (χ3n) is 6.61. The molecule has 2 amide bonds. The van der Waals surface area contributed by atoms with Crippen LogP contribution in [0.2, 0.25) is 0 Å². The van der Waals surface area contributed by atoms with E-state index >= 15 is 0 Å². The SMILES string of the molecule is C[C@@H](OC[C@@]1(c2ccccc2)CCC2NC(=O)NC[C@H]2N1)c1cc(C(F)(F)F)cc(C(F)(F)F)c1. The van der Waals surface area contributed by atoms with Crippen molar-refractivity contribution in [1.29, 1.82) is 0 Å². The number of rotatable bonds is 5. The van der Waals surface area contributed by atoms with Gasteiger partial charge in [-0.3, -0.25) is 5.32 Å². The van der Waals surface area contributed by atoms with Crippen molar-refractivity contribution in [2.75, 3.05) is 13.2 Å². The average Bonchev–Trinajstić information content (AvgIpc) is 2.81. The van der Waals surface area contributed by atoms with Gasteiger partial charge >= 0.3 is 18.4 Å². The fraction of sp³-hybridized carbons (Fsp3) is 0.458. The second kappa shape index (κ2) is 9.34. The van der Waals surface area contributed by atoms with Gasteiger partial charge < -0.3 is 15.4 Å². The molecule has 2 saturated heterocycles. The predicted molar refractivity (Wildman–Crippen MR) is 115 cm³/mol. The van der Waals surface area contributed by atoms with Crippen molar-refractivity contribution < 1.29 is 35.9 Å². The molecule has 11 heteroatoms. The molecule has 0 spiro atoms. The molecule has 2 fully saturated rings. The number of urea groups is 1. The smallest absolute Gasteiger partial charge is 0.372 e. The van der Waals surface area contributed by atoms with Gasteiger partial charge in [0, 0.05) is 18.6 Å². The standard InChI is InChI=1S/C24H25F6N3O2/c1-14(15-9-17(23(25,26)27)11-18(10-15)24(28,29)30)35-13-22(16-5-3-2-4-6-16)8-7-19-20(33-22)12-31-21(34)32-19/h2-6,9-11,14,19-20,33H,7-8,12-13H2,1H3,(H2,31,32,34)/t14-,19?,20-,22-/m1/s1. The van der Waals surface area contributed by atoms with E-state index in [1.165, 1.54) is 6.92 Å². The first-order valence-electron chi connectivity index (χ1n) is 11.2. The highest BCUT2D eigenvalue weighted by atomic mass is 19.4. The van der Waals surface area contributed by atoms with Crippen LogP contribution in [0.1, 0.15) is 48.1 Å². The van der Waals surface area contributed by atoms with Crippen LogP contribution in [0, 0.1) is 0 Å². The van der Waals surface area contributed by atoms with Crippen LogP contribution < -0.4 is 16.0 Å². The zero-order valence-corrected chi connectivity index (χ0v) is 18.8. The van der Waals surface area contributed by atoms with E-state index in [1.807, 2.05) is 30.3 Å². The number of piperidine rings is 1. The Hall–Kier alpha value is -2.79. The van der Waals surface area contributed by atoms with Gasteiger partial charge in [0.25, 0.3) is 0 Å². The van der Waals surface area contributed by atoms with E-state index in [9.17, 15) is 31.1 Å². The minimum atomic E-state index is -4.93. The lowest BCUT2D eigenvalue weighted by atomic mass is 9.78. The van der Waals surface area contributed by atoms with Crippen molar-refractivity contribution in [3.8, 4) is 0 Å². The summed E-state index contributed by atoms with van der Waals surface area (Å²) in [4.78, 5) is 11.7. The zero-order chi connectivity index (χ0) is 25.4. The van der Waals surface area contributed by atoms with Crippen molar-refractivity contribution in [1.82, 2.24) is 16.0 Å². The molecule has 0 aliphatic carbocycles. The first kappa shape index (κ1) is 25.3. The first-order chi connectivity index (χ1) is 16.4. The van der Waals surface area contributed by atoms with Crippen LogP contribution in [0.25, 0.3) is 0 Å². The molecule has 0 saturated carbocycles. The van der Waals surface area contributed by atoms with Crippen molar-refractivity contribution in [3.05, 3.63) is 70.8 Å². The average molecular weight is 501 g/mol. The molecule has 5 nitrogen and oxygen atoms in total. The molecule has 2 aliphatic heterocycles. The second-order valence-electron chi connectivity index (χ2n) is 8.99. The Bertz CT molecular complexity index is 1030. The summed E-state index contributed by atoms with van der Waals surface area (Å²) in [6.07, 6.45) is -9.73. The molecule has 35 heavy (non-hydrogen) atoms. The molecular weight excluding hydrogens is 476 g/mol. The predicted octanol–water partition coefficient (Wildman–Crippen LogP) is 5.13. The summed E-state index contributed by atoms with van der Waals surface area (Å²) in [7, 11) is 0. The van der Waals surface area contributed by atoms with Gasteiger partial charge in [-0.15, -0.1) is 0 Å². The number of benzene rings is 2. The van der Waals surface area contributed by atoms with Crippen LogP contribution in [-0.2, 0) is 22.6 Å². The summed E-state index contributed by atoms with van der Waals surface area (Å²) in [5.41, 5.74) is -2.83. The summed E-state index contributed by atoms with van der Waals surface area (Å²) < 4.78 is 85.7. The van der Waals surface area contributed by atoms with Crippen molar-refractivity contribution in [2.45, 2.75) is 55.8 Å². The van der Waals surface area contributed by atoms with Gasteiger partial charge in [0.1, 0.15) is 0 Å². The Morgan fingerprint density at radius 3 is 2.23 bits per heavy atom. The fourth-order valence-corrected chi connectivity index (χ4v) is 4.68. The normalized spacial score (nSPS) is 25.9. The third-order valence-corrected chi connectivity index (χ3v) is 6.61. The van der Waals surface area contributed by atoms with Gasteiger partial charge in [-0.2, -0.15) is 26.3 Å². The number of halogens is 6. The van der Waals surface area contributed by atoms with Crippen LogP contribution in [0.15, 0.2) is 48.5 Å². The maximum Gasteiger partial charge on any atom is 0.416 e. The Balaban J connectivity index is 1.60. The minimum absolute atomic E-state index is 0.00689. The van der Waals surface area contributed by atoms with Crippen LogP contribution in [0.5, 0.6) is 0 Å². The van der Waals surface area contributed by atoms with Crippen LogP contribution >= 0.6 is 0 Å². The topological polar surface area (TPSA) is 62.4 Å². The molecule has 1 unspecified atom stereocenters. The molecule has 4 atom stereocenters. The van der Waals surface area contributed by atoms with Gasteiger partial charge in [-0.05, 0) is 49.1 Å². The molecule has 0 bridgehead atoms. The number of alkyl halides is 6. The molecule has 2 aromatic carbocycles. The van der Waals surface area contributed by atoms with Crippen LogP contribution in [-0.4, -0.2) is 31.3 Å². The number of hydrogen-bond acceptors (Lipinski definition) is 3. The van der Waals surface area contributed by atoms with E-state index in [1.54, 1.807) is 0 Å². The Kier molecular flexibility index (Phi) is 6.76. The number of nitrogens with one attached hydrogen (secondary N) is 3. The monoisotopic (exact) mass is 501 g/mol. The molecule has 0 radical (unpaired) electrons. The number of fused-ring (bicyclic) bond motifs is 1. The number of ether oxygens (including phenoxy) is 1. The highest BCUT2D eigenvalue weighted by molar-refractivity contribution is 5.75. The number of carbonyl (C=O) groups excluding carboxylic acids is 1. The van der Waals surface area contributed by atoms with E-state index < -0.39 is 35.1 Å². The highest BCUT2D eigenvalue weighted by Gasteiger charge is 2.44. The summed E-state index contributed by atoms with van der Waals surface area (Å²) in [6.45, 7) is 1.82. The van der Waals surface area contributed by atoms with E-state index in [0.29, 0.717) is 31.5 Å². The highest BCUT2D eigenvalue weighted by Crippen LogP contribution is 2.39. The van der Waals surface area contributed by atoms with Gasteiger partial charge in [-0.1, -0.05) is 30.3 Å². The summed E-state index contributed by atoms with van der Waals surface area (Å²) in [5, 5.41) is 9.13. The lowest BCUT2D eigenvalue weighted by Crippen LogP contribution is -2.69. The largest absolute Gasteiger partial charge is 0.416 e. The second-order valence-corrected chi connectivity index (χ2v) is 8.99. The van der Waals surface area contributed by atoms with Crippen LogP contribution in [0.3, 0.4) is 0 Å². The molecule has 2 aromatic rings. The lowest BCUT2D eigenvalue weighted by molar-refractivity contribution is -0.143. The fourth-order valence-electron chi connectivity index (χ4n) is 4.68. The molecule has 0 aromatic heterocycles. The van der Waals surface area contributed by atoms with Crippen molar-refractivity contribution in [3.63, 3.8) is 0 Å². The number of carbonyl (C=O) groups is 1. The van der Waals surface area contributed by atoms with Gasteiger partial charge in [0.05, 0.1) is 29.4 Å². The van der Waals surface area contributed by atoms with E-state index in [-0.39, 0.29) is 36.4 Å². The Labute approximate surface area is 198 Å². The summed E-state index contributed by atoms with van der Waals surface area (Å²) >= 11 is 0. The Morgan fingerprint density at radius 2 is 1.63 bits per heavy atom. The number of amides is 2. The van der Waals surface area contributed by atoms with Gasteiger partial charge in [0.2, 0.25) is 0 Å². The van der Waals surface area contributed by atoms with Gasteiger partial charge in [0.15, 0.2) is 0 Å². The lowest BCUT2D eigenvalue weighted by Gasteiger charge is -2.48. The quantitative estimate of drug-likeness (QED) is 0.498. The van der Waals surface area contributed by atoms with Gasteiger partial charge in [-0.25, -0.2) is 4.79 Å². The minimum Gasteiger partial charge on any atom is -0.372 e. The number of hydrogen-bond donors (Lipinski definition) is 3. The zero-order valence-electron chi connectivity index (χ0n) is 18.8. The van der Waals surface area contributed by atoms with Crippen LogP contribution in [0.4, 0.5) is 31.1 Å². The summed E-state index contributed by atoms with van der Waals surface area (Å²) in [6, 6.07) is 10.3. The van der Waals surface area contributed by atoms with E-state index in [0.717, 1.165) is 5.56 Å². The molecule has 4 rings (SSSR count). The molecule has 3 N–H and O–H groups in total. The maximum absolute atomic E-state index is 13.3. The van der Waals surface area contributed by atoms with E-state index in [2.05, 4.69) is 16.0 Å². The molecule has 190 valence electrons. The molecule has 2 aliphatic rings. The summed E-state index contributed by atoms with van der Waals surface area (Å²) in [5.74, 6) is 0. The van der Waals surface area contributed by atoms with E-state index in [4.69, 9.17) is 4.74 Å². The first-order valence-corrected chi connectivity index (χ1v) is 11.2.